The van der Waals surface area contributed by atoms with Gasteiger partial charge in [0.1, 0.15) is 0 Å². The molecule has 2 nitrogen and oxygen atoms in total. The van der Waals surface area contributed by atoms with Gasteiger partial charge in [-0.05, 0) is 24.8 Å². The SMILES string of the molecule is CC1OC(CCCl)(c2ccc(C(C)(C)C)cc2)OC1C. The van der Waals surface area contributed by atoms with Crippen molar-refractivity contribution in [3.05, 3.63) is 35.4 Å². The maximum Gasteiger partial charge on any atom is 0.196 e. The minimum absolute atomic E-state index is 0.0838. The molecule has 0 N–H and O–H groups in total. The van der Waals surface area contributed by atoms with Gasteiger partial charge in [0.15, 0.2) is 5.79 Å². The highest BCUT2D eigenvalue weighted by molar-refractivity contribution is 6.17. The van der Waals surface area contributed by atoms with Gasteiger partial charge in [-0.2, -0.15) is 0 Å². The number of halogens is 1. The first-order valence-corrected chi connectivity index (χ1v) is 7.84. The van der Waals surface area contributed by atoms with E-state index >= 15 is 0 Å². The Morgan fingerprint density at radius 2 is 1.55 bits per heavy atom. The fraction of sp³-hybridized carbons (Fsp3) is 0.647. The standard InChI is InChI=1S/C17H25ClO2/c1-12-13(2)20-17(19-12,10-11-18)15-8-6-14(7-9-15)16(3,4)5/h6-9,12-13H,10-11H2,1-5H3. The molecule has 20 heavy (non-hydrogen) atoms. The molecule has 1 aromatic carbocycles. The Morgan fingerprint density at radius 3 is 1.95 bits per heavy atom. The summed E-state index contributed by atoms with van der Waals surface area (Å²) in [5, 5.41) is 0. The molecule has 1 aliphatic heterocycles. The van der Waals surface area contributed by atoms with Crippen LogP contribution in [-0.2, 0) is 20.7 Å². The summed E-state index contributed by atoms with van der Waals surface area (Å²) in [6.45, 7) is 10.7. The molecule has 1 aliphatic rings. The Bertz CT molecular complexity index is 437. The van der Waals surface area contributed by atoms with E-state index in [2.05, 4.69) is 45.0 Å². The van der Waals surface area contributed by atoms with Gasteiger partial charge in [-0.1, -0.05) is 45.0 Å². The predicted molar refractivity (Wildman–Crippen MR) is 83.3 cm³/mol. The third kappa shape index (κ3) is 3.03. The maximum atomic E-state index is 6.11. The van der Waals surface area contributed by atoms with Gasteiger partial charge in [0.2, 0.25) is 0 Å². The summed E-state index contributed by atoms with van der Waals surface area (Å²) in [7, 11) is 0. The summed E-state index contributed by atoms with van der Waals surface area (Å²) >= 11 is 5.96. The monoisotopic (exact) mass is 296 g/mol. The van der Waals surface area contributed by atoms with Crippen LogP contribution in [0.1, 0.15) is 52.2 Å². The van der Waals surface area contributed by atoms with Crippen LogP contribution in [-0.4, -0.2) is 18.1 Å². The number of ether oxygens (including phenoxy) is 2. The van der Waals surface area contributed by atoms with Crippen molar-refractivity contribution in [3.63, 3.8) is 0 Å². The fourth-order valence-corrected chi connectivity index (χ4v) is 2.82. The molecule has 2 rings (SSSR count). The first-order chi connectivity index (χ1) is 9.28. The molecular weight excluding hydrogens is 272 g/mol. The van der Waals surface area contributed by atoms with Crippen LogP contribution in [0.4, 0.5) is 0 Å². The molecule has 1 heterocycles. The van der Waals surface area contributed by atoms with Crippen molar-refractivity contribution < 1.29 is 9.47 Å². The molecule has 0 bridgehead atoms. The number of hydrogen-bond donors (Lipinski definition) is 0. The van der Waals surface area contributed by atoms with E-state index < -0.39 is 5.79 Å². The molecule has 1 aromatic rings. The van der Waals surface area contributed by atoms with E-state index in [1.807, 2.05) is 13.8 Å². The molecule has 0 radical (unpaired) electrons. The topological polar surface area (TPSA) is 18.5 Å². The molecule has 0 amide bonds. The van der Waals surface area contributed by atoms with Gasteiger partial charge in [0.25, 0.3) is 0 Å². The van der Waals surface area contributed by atoms with E-state index in [9.17, 15) is 0 Å². The minimum atomic E-state index is -0.684. The van der Waals surface area contributed by atoms with Crippen LogP contribution in [0.3, 0.4) is 0 Å². The zero-order chi connectivity index (χ0) is 15.0. The van der Waals surface area contributed by atoms with Gasteiger partial charge in [0.05, 0.1) is 12.2 Å². The normalized spacial score (nSPS) is 30.7. The second-order valence-electron chi connectivity index (χ2n) is 6.67. The molecule has 3 heteroatoms. The van der Waals surface area contributed by atoms with Gasteiger partial charge in [-0.15, -0.1) is 11.6 Å². The summed E-state index contributed by atoms with van der Waals surface area (Å²) in [5.41, 5.74) is 2.51. The van der Waals surface area contributed by atoms with Crippen molar-refractivity contribution in [2.24, 2.45) is 0 Å². The number of hydrogen-bond acceptors (Lipinski definition) is 2. The largest absolute Gasteiger partial charge is 0.340 e. The van der Waals surface area contributed by atoms with Gasteiger partial charge < -0.3 is 9.47 Å². The van der Waals surface area contributed by atoms with Crippen molar-refractivity contribution >= 4 is 11.6 Å². The number of benzene rings is 1. The van der Waals surface area contributed by atoms with Crippen LogP contribution >= 0.6 is 11.6 Å². The van der Waals surface area contributed by atoms with E-state index in [1.165, 1.54) is 5.56 Å². The Labute approximate surface area is 127 Å². The van der Waals surface area contributed by atoms with Crippen LogP contribution in [0.25, 0.3) is 0 Å². The molecule has 0 saturated carbocycles. The Morgan fingerprint density at radius 1 is 1.05 bits per heavy atom. The van der Waals surface area contributed by atoms with Gasteiger partial charge in [-0.25, -0.2) is 0 Å². The Balaban J connectivity index is 2.32. The van der Waals surface area contributed by atoms with Crippen molar-refractivity contribution in [3.8, 4) is 0 Å². The zero-order valence-corrected chi connectivity index (χ0v) is 13.8. The maximum absolute atomic E-state index is 6.11. The summed E-state index contributed by atoms with van der Waals surface area (Å²) in [4.78, 5) is 0. The van der Waals surface area contributed by atoms with E-state index in [-0.39, 0.29) is 17.6 Å². The number of rotatable bonds is 3. The molecular formula is C17H25ClO2. The highest BCUT2D eigenvalue weighted by Gasteiger charge is 2.45. The van der Waals surface area contributed by atoms with E-state index in [1.54, 1.807) is 0 Å². The van der Waals surface area contributed by atoms with Crippen molar-refractivity contribution in [2.45, 2.75) is 64.4 Å². The summed E-state index contributed by atoms with van der Waals surface area (Å²) in [6.07, 6.45) is 0.832. The lowest BCUT2D eigenvalue weighted by molar-refractivity contribution is -0.183. The van der Waals surface area contributed by atoms with Gasteiger partial charge >= 0.3 is 0 Å². The molecule has 1 saturated heterocycles. The molecule has 1 fully saturated rings. The minimum Gasteiger partial charge on any atom is -0.340 e. The van der Waals surface area contributed by atoms with Crippen LogP contribution in [0.5, 0.6) is 0 Å². The van der Waals surface area contributed by atoms with Crippen LogP contribution in [0.2, 0.25) is 0 Å². The highest BCUT2D eigenvalue weighted by atomic mass is 35.5. The van der Waals surface area contributed by atoms with Crippen molar-refractivity contribution in [2.75, 3.05) is 5.88 Å². The lowest BCUT2D eigenvalue weighted by atomic mass is 9.86. The fourth-order valence-electron chi connectivity index (χ4n) is 2.57. The van der Waals surface area contributed by atoms with Gasteiger partial charge in [-0.3, -0.25) is 0 Å². The van der Waals surface area contributed by atoms with Crippen molar-refractivity contribution in [1.82, 2.24) is 0 Å². The lowest BCUT2D eigenvalue weighted by Crippen LogP contribution is -2.29. The van der Waals surface area contributed by atoms with E-state index in [0.29, 0.717) is 12.3 Å². The molecule has 0 aliphatic carbocycles. The van der Waals surface area contributed by atoms with Crippen LogP contribution < -0.4 is 0 Å². The summed E-state index contributed by atoms with van der Waals surface area (Å²) < 4.78 is 12.2. The second-order valence-corrected chi connectivity index (χ2v) is 7.04. The summed E-state index contributed by atoms with van der Waals surface area (Å²) in [5.74, 6) is -0.169. The average Bonchev–Trinajstić information content (AvgIpc) is 2.65. The quantitative estimate of drug-likeness (QED) is 0.760. The van der Waals surface area contributed by atoms with Crippen LogP contribution in [0, 0.1) is 0 Å². The smallest absolute Gasteiger partial charge is 0.196 e. The number of alkyl halides is 1. The first kappa shape index (κ1) is 15.8. The van der Waals surface area contributed by atoms with E-state index in [4.69, 9.17) is 21.1 Å². The average molecular weight is 297 g/mol. The third-order valence-corrected chi connectivity index (χ3v) is 4.22. The second kappa shape index (κ2) is 5.67. The van der Waals surface area contributed by atoms with E-state index in [0.717, 1.165) is 5.56 Å². The lowest BCUT2D eigenvalue weighted by Gasteiger charge is -2.29. The predicted octanol–water partition coefficient (Wildman–Crippen LogP) is 4.59. The summed E-state index contributed by atoms with van der Waals surface area (Å²) in [6, 6.07) is 8.53. The molecule has 0 aromatic heterocycles. The molecule has 112 valence electrons. The van der Waals surface area contributed by atoms with Crippen LogP contribution in [0.15, 0.2) is 24.3 Å². The Kier molecular flexibility index (Phi) is 4.48. The zero-order valence-electron chi connectivity index (χ0n) is 13.1. The Hall–Kier alpha value is -0.570. The first-order valence-electron chi connectivity index (χ1n) is 7.31. The molecule has 2 atom stereocenters. The van der Waals surface area contributed by atoms with Gasteiger partial charge in [0, 0.05) is 17.9 Å². The third-order valence-electron chi connectivity index (χ3n) is 4.03. The molecule has 0 spiro atoms. The highest BCUT2D eigenvalue weighted by Crippen LogP contribution is 2.41. The van der Waals surface area contributed by atoms with Crippen molar-refractivity contribution in [1.29, 1.82) is 0 Å². The molecule has 2 unspecified atom stereocenters.